The van der Waals surface area contributed by atoms with Crippen LogP contribution in [0.5, 0.6) is 0 Å². The molecule has 0 aromatic carbocycles. The van der Waals surface area contributed by atoms with Crippen LogP contribution in [0.1, 0.15) is 12.6 Å². The topological polar surface area (TPSA) is 12.9 Å². The minimum absolute atomic E-state index is 0.600. The molecule has 0 fully saturated rings. The van der Waals surface area contributed by atoms with Crippen LogP contribution in [-0.2, 0) is 5.92 Å². The smallest absolute Gasteiger partial charge is 0.245 e. The van der Waals surface area contributed by atoms with Gasteiger partial charge in [0.05, 0.1) is 6.20 Å². The van der Waals surface area contributed by atoms with E-state index in [1.165, 1.54) is 0 Å². The van der Waals surface area contributed by atoms with E-state index in [1.54, 1.807) is 0 Å². The fraction of sp³-hybridized carbons (Fsp3) is 0.286. The number of aromatic nitrogens is 1. The number of nitrogens with zero attached hydrogens (tertiary/aromatic N) is 1. The van der Waals surface area contributed by atoms with E-state index in [-0.39, 0.29) is 0 Å². The van der Waals surface area contributed by atoms with Crippen molar-refractivity contribution in [3.05, 3.63) is 29.8 Å². The lowest BCUT2D eigenvalue weighted by molar-refractivity contribution is 0.0123. The molecule has 1 radical (unpaired) electrons. The number of hydrogen-bond donors (Lipinski definition) is 0. The lowest BCUT2D eigenvalue weighted by Crippen LogP contribution is -2.09. The second-order valence-electron chi connectivity index (χ2n) is 2.19. The lowest BCUT2D eigenvalue weighted by Gasteiger charge is -2.07. The van der Waals surface area contributed by atoms with E-state index < -0.39 is 17.4 Å². The molecule has 1 nitrogen and oxygen atoms in total. The first kappa shape index (κ1) is 8.04. The van der Waals surface area contributed by atoms with Crippen LogP contribution in [0.25, 0.3) is 0 Å². The minimum Gasteiger partial charge on any atom is -0.245 e. The van der Waals surface area contributed by atoms with Crippen LogP contribution in [0.15, 0.2) is 12.1 Å². The monoisotopic (exact) mass is 160 g/mol. The van der Waals surface area contributed by atoms with Crippen LogP contribution in [0, 0.1) is 12.0 Å². The van der Waals surface area contributed by atoms with E-state index in [0.717, 1.165) is 6.07 Å². The van der Waals surface area contributed by atoms with Crippen molar-refractivity contribution in [3.8, 4) is 0 Å². The lowest BCUT2D eigenvalue weighted by atomic mass is 10.2. The molecule has 59 valence electrons. The summed E-state index contributed by atoms with van der Waals surface area (Å²) < 4.78 is 37.1. The van der Waals surface area contributed by atoms with Crippen molar-refractivity contribution in [1.29, 1.82) is 0 Å². The van der Waals surface area contributed by atoms with Gasteiger partial charge in [-0.05, 0) is 0 Å². The third kappa shape index (κ3) is 1.93. The summed E-state index contributed by atoms with van der Waals surface area (Å²) in [5.74, 6) is -3.85. The number of pyridine rings is 1. The van der Waals surface area contributed by atoms with Gasteiger partial charge < -0.3 is 0 Å². The Morgan fingerprint density at radius 1 is 1.55 bits per heavy atom. The first-order valence-corrected chi connectivity index (χ1v) is 2.92. The van der Waals surface area contributed by atoms with Gasteiger partial charge in [-0.3, -0.25) is 0 Å². The van der Waals surface area contributed by atoms with Gasteiger partial charge in [-0.2, -0.15) is 8.78 Å². The molecule has 1 aromatic heterocycles. The summed E-state index contributed by atoms with van der Waals surface area (Å²) in [5.41, 5.74) is -0.600. The highest BCUT2D eigenvalue weighted by atomic mass is 19.3. The zero-order chi connectivity index (χ0) is 8.48. The van der Waals surface area contributed by atoms with Crippen molar-refractivity contribution in [3.63, 3.8) is 0 Å². The molecule has 4 heteroatoms. The van der Waals surface area contributed by atoms with Crippen molar-refractivity contribution in [2.24, 2.45) is 0 Å². The maximum Gasteiger partial charge on any atom is 0.287 e. The molecule has 0 bridgehead atoms. The maximum absolute atomic E-state index is 12.4. The molecule has 0 aliphatic heterocycles. The summed E-state index contributed by atoms with van der Waals surface area (Å²) in [6.07, 6.45) is 2.03. The van der Waals surface area contributed by atoms with E-state index in [1.807, 2.05) is 6.20 Å². The predicted molar refractivity (Wildman–Crippen MR) is 32.6 cm³/mol. The van der Waals surface area contributed by atoms with E-state index in [4.69, 9.17) is 0 Å². The Bertz CT molecular complexity index is 254. The van der Waals surface area contributed by atoms with Crippen molar-refractivity contribution in [1.82, 2.24) is 4.98 Å². The summed E-state index contributed by atoms with van der Waals surface area (Å²) in [5, 5.41) is 0. The Hall–Kier alpha value is -1.06. The molecule has 0 amide bonds. The molecule has 0 saturated carbocycles. The number of halogens is 3. The quantitative estimate of drug-likeness (QED) is 0.613. The molecule has 1 heterocycles. The molecule has 0 spiro atoms. The molecule has 0 atom stereocenters. The van der Waals surface area contributed by atoms with Crippen LogP contribution in [0.4, 0.5) is 13.2 Å². The average molecular weight is 160 g/mol. The Labute approximate surface area is 61.9 Å². The molecule has 0 N–H and O–H groups in total. The highest BCUT2D eigenvalue weighted by Gasteiger charge is 2.26. The Balaban J connectivity index is 3.06. The van der Waals surface area contributed by atoms with Gasteiger partial charge in [0.15, 0.2) is 0 Å². The van der Waals surface area contributed by atoms with Gasteiger partial charge in [0.2, 0.25) is 0 Å². The molecule has 0 saturated heterocycles. The van der Waals surface area contributed by atoms with Gasteiger partial charge in [0.1, 0.15) is 11.5 Å². The Morgan fingerprint density at radius 2 is 2.18 bits per heavy atom. The standard InChI is InChI=1S/C7H5F3N/c1-7(9,10)6-4-5(8)2-3-11-6/h2,4H,1H3. The average Bonchev–Trinajstić information content (AvgIpc) is 1.86. The predicted octanol–water partition coefficient (Wildman–Crippen LogP) is 2.13. The summed E-state index contributed by atoms with van der Waals surface area (Å²) >= 11 is 0. The Kier molecular flexibility index (Phi) is 1.85. The van der Waals surface area contributed by atoms with Crippen LogP contribution < -0.4 is 0 Å². The van der Waals surface area contributed by atoms with Crippen molar-refractivity contribution in [2.75, 3.05) is 0 Å². The number of rotatable bonds is 1. The maximum atomic E-state index is 12.4. The third-order valence-electron chi connectivity index (χ3n) is 1.11. The fourth-order valence-electron chi connectivity index (χ4n) is 0.593. The zero-order valence-corrected chi connectivity index (χ0v) is 5.74. The highest BCUT2D eigenvalue weighted by Crippen LogP contribution is 2.24. The van der Waals surface area contributed by atoms with E-state index in [0.29, 0.717) is 13.0 Å². The van der Waals surface area contributed by atoms with Gasteiger partial charge >= 0.3 is 0 Å². The van der Waals surface area contributed by atoms with E-state index >= 15 is 0 Å². The normalized spacial score (nSPS) is 11.6. The summed E-state index contributed by atoms with van der Waals surface area (Å²) in [6, 6.07) is 1.59. The van der Waals surface area contributed by atoms with Crippen molar-refractivity contribution >= 4 is 0 Å². The van der Waals surface area contributed by atoms with Gasteiger partial charge in [-0.1, -0.05) is 0 Å². The molecule has 0 unspecified atom stereocenters. The number of alkyl halides is 2. The molecular formula is C7H5F3N. The fourth-order valence-corrected chi connectivity index (χ4v) is 0.593. The SMILES string of the molecule is CC(F)(F)c1cc(F)c[c]n1. The molecule has 0 aliphatic carbocycles. The van der Waals surface area contributed by atoms with Crippen LogP contribution in [-0.4, -0.2) is 4.98 Å². The van der Waals surface area contributed by atoms with Gasteiger partial charge in [-0.25, -0.2) is 9.37 Å². The number of hydrogen-bond acceptors (Lipinski definition) is 1. The second kappa shape index (κ2) is 2.53. The van der Waals surface area contributed by atoms with Gasteiger partial charge in [0, 0.05) is 19.1 Å². The van der Waals surface area contributed by atoms with Crippen molar-refractivity contribution in [2.45, 2.75) is 12.8 Å². The van der Waals surface area contributed by atoms with Crippen molar-refractivity contribution < 1.29 is 13.2 Å². The van der Waals surface area contributed by atoms with Crippen LogP contribution in [0.3, 0.4) is 0 Å². The van der Waals surface area contributed by atoms with Crippen LogP contribution >= 0.6 is 0 Å². The van der Waals surface area contributed by atoms with Gasteiger partial charge in [-0.15, -0.1) is 0 Å². The second-order valence-corrected chi connectivity index (χ2v) is 2.19. The summed E-state index contributed by atoms with van der Waals surface area (Å²) in [6.45, 7) is 0.655. The first-order valence-electron chi connectivity index (χ1n) is 2.92. The minimum atomic E-state index is -3.10. The largest absolute Gasteiger partial charge is 0.287 e. The summed E-state index contributed by atoms with van der Waals surface area (Å²) in [4.78, 5) is 3.20. The zero-order valence-electron chi connectivity index (χ0n) is 5.74. The molecule has 1 aromatic rings. The summed E-state index contributed by atoms with van der Waals surface area (Å²) in [7, 11) is 0. The Morgan fingerprint density at radius 3 is 2.55 bits per heavy atom. The molecule has 1 rings (SSSR count). The molecular weight excluding hydrogens is 155 g/mol. The van der Waals surface area contributed by atoms with Crippen LogP contribution in [0.2, 0.25) is 0 Å². The molecule has 11 heavy (non-hydrogen) atoms. The van der Waals surface area contributed by atoms with Gasteiger partial charge in [0.25, 0.3) is 5.92 Å². The highest BCUT2D eigenvalue weighted by molar-refractivity contribution is 5.09. The first-order chi connectivity index (χ1) is 5.00. The van der Waals surface area contributed by atoms with E-state index in [9.17, 15) is 13.2 Å². The van der Waals surface area contributed by atoms with E-state index in [2.05, 4.69) is 4.98 Å². The third-order valence-corrected chi connectivity index (χ3v) is 1.11. The molecule has 0 aliphatic rings.